The Bertz CT molecular complexity index is 1050. The van der Waals surface area contributed by atoms with Gasteiger partial charge in [0, 0.05) is 23.7 Å². The average molecular weight is 383 g/mol. The molecule has 3 heterocycles. The molecule has 0 fully saturated rings. The first-order valence-corrected chi connectivity index (χ1v) is 10.1. The molecule has 26 heavy (non-hydrogen) atoms. The van der Waals surface area contributed by atoms with Crippen LogP contribution in [0.4, 0.5) is 0 Å². The maximum atomic E-state index is 5.37. The summed E-state index contributed by atoms with van der Waals surface area (Å²) in [5, 5.41) is 12.7. The van der Waals surface area contributed by atoms with Crippen molar-refractivity contribution >= 4 is 23.1 Å². The fourth-order valence-electron chi connectivity index (χ4n) is 2.71. The van der Waals surface area contributed by atoms with Crippen LogP contribution in [-0.2, 0) is 12.8 Å². The van der Waals surface area contributed by atoms with Crippen molar-refractivity contribution in [1.82, 2.24) is 19.7 Å². The van der Waals surface area contributed by atoms with E-state index in [1.807, 2.05) is 24.6 Å². The number of aryl methyl sites for hydroxylation is 2. The molecule has 132 valence electrons. The topological polar surface area (TPSA) is 56.7 Å². The van der Waals surface area contributed by atoms with Gasteiger partial charge in [0.05, 0.1) is 17.5 Å². The van der Waals surface area contributed by atoms with Gasteiger partial charge in [-0.3, -0.25) is 0 Å². The minimum Gasteiger partial charge on any atom is -0.469 e. The highest BCUT2D eigenvalue weighted by molar-refractivity contribution is 7.98. The number of rotatable bonds is 5. The van der Waals surface area contributed by atoms with E-state index < -0.39 is 0 Å². The second-order valence-corrected chi connectivity index (χ2v) is 7.86. The third kappa shape index (κ3) is 3.32. The molecule has 7 heteroatoms. The van der Waals surface area contributed by atoms with E-state index in [-0.39, 0.29) is 0 Å². The molecule has 4 aromatic rings. The Hall–Kier alpha value is -2.38. The van der Waals surface area contributed by atoms with Gasteiger partial charge in [-0.25, -0.2) is 4.98 Å². The summed E-state index contributed by atoms with van der Waals surface area (Å²) in [6.07, 6.45) is 1.67. The van der Waals surface area contributed by atoms with Crippen molar-refractivity contribution in [2.45, 2.75) is 24.8 Å². The quantitative estimate of drug-likeness (QED) is 0.449. The number of nitrogens with zero attached hydrogens (tertiary/aromatic N) is 4. The van der Waals surface area contributed by atoms with Crippen LogP contribution in [0.2, 0.25) is 0 Å². The molecule has 0 aliphatic carbocycles. The van der Waals surface area contributed by atoms with E-state index >= 15 is 0 Å². The van der Waals surface area contributed by atoms with E-state index in [4.69, 9.17) is 9.40 Å². The number of hydrogen-bond acceptors (Lipinski definition) is 6. The SMILES string of the molecule is Cc1cccc(-c2nc(CSc3nnc(-c4ccoc4C)n3C)cs2)c1. The van der Waals surface area contributed by atoms with E-state index in [1.165, 1.54) is 11.1 Å². The summed E-state index contributed by atoms with van der Waals surface area (Å²) < 4.78 is 7.37. The molecule has 0 spiro atoms. The molecule has 0 radical (unpaired) electrons. The highest BCUT2D eigenvalue weighted by Gasteiger charge is 2.15. The lowest BCUT2D eigenvalue weighted by Crippen LogP contribution is -1.95. The van der Waals surface area contributed by atoms with Crippen LogP contribution >= 0.6 is 23.1 Å². The van der Waals surface area contributed by atoms with Crippen molar-refractivity contribution in [2.75, 3.05) is 0 Å². The van der Waals surface area contributed by atoms with Crippen LogP contribution in [0.15, 0.2) is 51.5 Å². The van der Waals surface area contributed by atoms with Crippen LogP contribution in [-0.4, -0.2) is 19.7 Å². The zero-order valence-electron chi connectivity index (χ0n) is 14.8. The van der Waals surface area contributed by atoms with E-state index in [1.54, 1.807) is 29.4 Å². The molecule has 0 bridgehead atoms. The van der Waals surface area contributed by atoms with Gasteiger partial charge in [0.25, 0.3) is 0 Å². The highest BCUT2D eigenvalue weighted by Crippen LogP contribution is 2.30. The van der Waals surface area contributed by atoms with Crippen molar-refractivity contribution in [1.29, 1.82) is 0 Å². The fraction of sp³-hybridized carbons (Fsp3) is 0.211. The fourth-order valence-corrected chi connectivity index (χ4v) is 4.44. The molecular weight excluding hydrogens is 364 g/mol. The molecule has 3 aromatic heterocycles. The largest absolute Gasteiger partial charge is 0.469 e. The lowest BCUT2D eigenvalue weighted by atomic mass is 10.1. The molecule has 0 saturated heterocycles. The van der Waals surface area contributed by atoms with Crippen molar-refractivity contribution in [2.24, 2.45) is 7.05 Å². The summed E-state index contributed by atoms with van der Waals surface area (Å²) in [7, 11) is 1.98. The van der Waals surface area contributed by atoms with Crippen LogP contribution in [0.5, 0.6) is 0 Å². The maximum absolute atomic E-state index is 5.37. The first-order chi connectivity index (χ1) is 12.6. The smallest absolute Gasteiger partial charge is 0.191 e. The van der Waals surface area contributed by atoms with Gasteiger partial charge in [-0.05, 0) is 26.0 Å². The molecule has 0 saturated carbocycles. The molecular formula is C19H18N4OS2. The van der Waals surface area contributed by atoms with Gasteiger partial charge < -0.3 is 8.98 Å². The number of thiazole rings is 1. The molecule has 4 rings (SSSR count). The Balaban J connectivity index is 1.49. The first kappa shape index (κ1) is 17.1. The molecule has 0 aliphatic heterocycles. The van der Waals surface area contributed by atoms with Crippen molar-refractivity contribution < 1.29 is 4.42 Å². The predicted octanol–water partition coefficient (Wildman–Crippen LogP) is 5.11. The molecule has 1 aromatic carbocycles. The molecule has 0 aliphatic rings. The molecule has 0 N–H and O–H groups in total. The van der Waals surface area contributed by atoms with Gasteiger partial charge in [-0.2, -0.15) is 0 Å². The normalized spacial score (nSPS) is 11.2. The molecule has 0 unspecified atom stereocenters. The Morgan fingerprint density at radius 1 is 1.19 bits per heavy atom. The Labute approximate surface area is 160 Å². The lowest BCUT2D eigenvalue weighted by molar-refractivity contribution is 0.534. The summed E-state index contributed by atoms with van der Waals surface area (Å²) in [5.41, 5.74) is 4.44. The van der Waals surface area contributed by atoms with Crippen molar-refractivity contribution in [3.8, 4) is 22.0 Å². The van der Waals surface area contributed by atoms with Gasteiger partial charge in [0.2, 0.25) is 0 Å². The second-order valence-electron chi connectivity index (χ2n) is 6.06. The van der Waals surface area contributed by atoms with E-state index in [2.05, 4.69) is 46.8 Å². The van der Waals surface area contributed by atoms with E-state index in [0.717, 1.165) is 38.8 Å². The van der Waals surface area contributed by atoms with Crippen molar-refractivity contribution in [3.63, 3.8) is 0 Å². The van der Waals surface area contributed by atoms with Crippen LogP contribution in [0.3, 0.4) is 0 Å². The van der Waals surface area contributed by atoms with Gasteiger partial charge in [0.1, 0.15) is 10.8 Å². The molecule has 0 amide bonds. The monoisotopic (exact) mass is 382 g/mol. The predicted molar refractivity (Wildman–Crippen MR) is 105 cm³/mol. The van der Waals surface area contributed by atoms with E-state index in [0.29, 0.717) is 0 Å². The number of aromatic nitrogens is 4. The Morgan fingerprint density at radius 3 is 2.85 bits per heavy atom. The van der Waals surface area contributed by atoms with Crippen LogP contribution in [0, 0.1) is 13.8 Å². The number of hydrogen-bond donors (Lipinski definition) is 0. The van der Waals surface area contributed by atoms with Crippen molar-refractivity contribution in [3.05, 3.63) is 59.0 Å². The Morgan fingerprint density at radius 2 is 2.08 bits per heavy atom. The third-order valence-electron chi connectivity index (χ3n) is 4.10. The lowest BCUT2D eigenvalue weighted by Gasteiger charge is -2.02. The number of furan rings is 1. The highest BCUT2D eigenvalue weighted by atomic mass is 32.2. The summed E-state index contributed by atoms with van der Waals surface area (Å²) in [4.78, 5) is 4.76. The summed E-state index contributed by atoms with van der Waals surface area (Å²) >= 11 is 3.31. The summed E-state index contributed by atoms with van der Waals surface area (Å²) in [6.45, 7) is 4.03. The molecule has 5 nitrogen and oxygen atoms in total. The van der Waals surface area contributed by atoms with E-state index in [9.17, 15) is 0 Å². The minimum atomic E-state index is 0.763. The van der Waals surface area contributed by atoms with Crippen LogP contribution in [0.25, 0.3) is 22.0 Å². The van der Waals surface area contributed by atoms with Crippen LogP contribution in [0.1, 0.15) is 17.0 Å². The van der Waals surface area contributed by atoms with Gasteiger partial charge in [-0.15, -0.1) is 21.5 Å². The second kappa shape index (κ2) is 7.09. The third-order valence-corrected chi connectivity index (χ3v) is 6.09. The zero-order chi connectivity index (χ0) is 18.1. The maximum Gasteiger partial charge on any atom is 0.191 e. The van der Waals surface area contributed by atoms with Gasteiger partial charge in [0.15, 0.2) is 11.0 Å². The summed E-state index contributed by atoms with van der Waals surface area (Å²) in [5.74, 6) is 2.43. The Kier molecular flexibility index (Phi) is 4.65. The first-order valence-electron chi connectivity index (χ1n) is 8.20. The molecule has 0 atom stereocenters. The van der Waals surface area contributed by atoms with Gasteiger partial charge >= 0.3 is 0 Å². The standard InChI is InChI=1S/C19H18N4OS2/c1-12-5-4-6-14(9-12)18-20-15(10-25-18)11-26-19-22-21-17(23(19)3)16-7-8-24-13(16)2/h4-10H,11H2,1-3H3. The minimum absolute atomic E-state index is 0.763. The summed E-state index contributed by atoms with van der Waals surface area (Å²) in [6, 6.07) is 10.4. The van der Waals surface area contributed by atoms with Crippen LogP contribution < -0.4 is 0 Å². The number of benzene rings is 1. The zero-order valence-corrected chi connectivity index (χ0v) is 16.4. The number of thioether (sulfide) groups is 1. The van der Waals surface area contributed by atoms with Gasteiger partial charge in [-0.1, -0.05) is 35.5 Å². The average Bonchev–Trinajstić information content (AvgIpc) is 3.34.